The van der Waals surface area contributed by atoms with E-state index in [2.05, 4.69) is 10.3 Å². The molecule has 0 fully saturated rings. The van der Waals surface area contributed by atoms with Crippen LogP contribution >= 0.6 is 0 Å². The molecule has 1 heterocycles. The lowest BCUT2D eigenvalue weighted by atomic mass is 10.7. The molecule has 0 aromatic heterocycles. The van der Waals surface area contributed by atoms with Gasteiger partial charge in [0.25, 0.3) is 0 Å². The average Bonchev–Trinajstić information content (AvgIpc) is 1.76. The summed E-state index contributed by atoms with van der Waals surface area (Å²) in [7, 11) is 0. The Balaban J connectivity index is 2.32. The largest absolute Gasteiger partial charge is 0.472 e. The summed E-state index contributed by atoms with van der Waals surface area (Å²) in [5.74, 6) is 0. The van der Waals surface area contributed by atoms with Crippen LogP contribution in [0.15, 0.2) is 4.99 Å². The van der Waals surface area contributed by atoms with Crippen LogP contribution in [0.2, 0.25) is 0 Å². The van der Waals surface area contributed by atoms with Gasteiger partial charge in [-0.3, -0.25) is 0 Å². The number of hydrogen-bond donors (Lipinski definition) is 0. The first kappa shape index (κ1) is 2.69. The maximum Gasteiger partial charge on any atom is -0.0520 e. The van der Waals surface area contributed by atoms with Gasteiger partial charge in [0, 0.05) is 0 Å². The summed E-state index contributed by atoms with van der Waals surface area (Å²) in [6.45, 7) is 1.81. The Labute approximate surface area is 30.9 Å². The fourth-order valence-corrected chi connectivity index (χ4v) is 0.289. The van der Waals surface area contributed by atoms with Crippen molar-refractivity contribution in [2.24, 2.45) is 4.99 Å². The molecule has 0 amide bonds. The molecule has 0 radical (unpaired) electrons. The maximum absolute atomic E-state index is 3.79. The molecule has 2 nitrogen and oxygen atoms in total. The molecule has 0 spiro atoms. The molecule has 28 valence electrons. The first-order valence-corrected chi connectivity index (χ1v) is 1.65. The van der Waals surface area contributed by atoms with Crippen LogP contribution < -0.4 is 0 Å². The van der Waals surface area contributed by atoms with Crippen LogP contribution in [0, 0.1) is 0 Å². The van der Waals surface area contributed by atoms with E-state index in [-0.39, 0.29) is 0 Å². The summed E-state index contributed by atoms with van der Waals surface area (Å²) < 4.78 is 0. The minimum Gasteiger partial charge on any atom is -0.472 e. The van der Waals surface area contributed by atoms with Crippen LogP contribution in [-0.2, 0) is 0 Å². The van der Waals surface area contributed by atoms with Gasteiger partial charge in [-0.25, -0.2) is 0 Å². The van der Waals surface area contributed by atoms with Crippen molar-refractivity contribution in [2.75, 3.05) is 13.1 Å². The standard InChI is InChI=1S/C3H5N2/c1-2-5-3-4-1/h3H,1-2H2/q-1. The van der Waals surface area contributed by atoms with Gasteiger partial charge in [-0.05, 0) is 0 Å². The second-order valence-corrected chi connectivity index (χ2v) is 0.928. The zero-order chi connectivity index (χ0) is 3.54. The molecular weight excluding hydrogens is 64.0 g/mol. The number of nitrogens with zero attached hydrogens (tertiary/aromatic N) is 2. The van der Waals surface area contributed by atoms with E-state index < -0.39 is 0 Å². The molecule has 2 heteroatoms. The fourth-order valence-electron chi connectivity index (χ4n) is 0.289. The van der Waals surface area contributed by atoms with Gasteiger partial charge in [0.1, 0.15) is 0 Å². The highest BCUT2D eigenvalue weighted by atomic mass is 15.0. The van der Waals surface area contributed by atoms with Crippen LogP contribution in [-0.4, -0.2) is 19.4 Å². The summed E-state index contributed by atoms with van der Waals surface area (Å²) in [6, 6.07) is 0. The molecule has 0 saturated carbocycles. The first-order chi connectivity index (χ1) is 2.50. The number of aliphatic imine (C=N–C) groups is 1. The predicted octanol–water partition coefficient (Wildman–Crippen LogP) is 0.402. The van der Waals surface area contributed by atoms with E-state index in [4.69, 9.17) is 0 Å². The molecule has 5 heavy (non-hydrogen) atoms. The number of rotatable bonds is 0. The van der Waals surface area contributed by atoms with Crippen LogP contribution in [0.5, 0.6) is 0 Å². The molecule has 0 aliphatic carbocycles. The Bertz CT molecular complexity index is 42.9. The van der Waals surface area contributed by atoms with Crippen LogP contribution in [0.4, 0.5) is 0 Å². The van der Waals surface area contributed by atoms with Crippen molar-refractivity contribution in [3.8, 4) is 0 Å². The van der Waals surface area contributed by atoms with E-state index >= 15 is 0 Å². The van der Waals surface area contributed by atoms with E-state index in [9.17, 15) is 0 Å². The highest BCUT2D eigenvalue weighted by Crippen LogP contribution is 1.87. The molecule has 0 aromatic rings. The van der Waals surface area contributed by atoms with Crippen molar-refractivity contribution in [3.05, 3.63) is 5.32 Å². The van der Waals surface area contributed by atoms with E-state index in [1.54, 1.807) is 6.34 Å². The van der Waals surface area contributed by atoms with Gasteiger partial charge in [-0.15, -0.1) is 6.34 Å². The Kier molecular flexibility index (Phi) is 0.571. The lowest BCUT2D eigenvalue weighted by molar-refractivity contribution is 1.13. The van der Waals surface area contributed by atoms with E-state index in [1.807, 2.05) is 0 Å². The van der Waals surface area contributed by atoms with Crippen molar-refractivity contribution in [1.29, 1.82) is 0 Å². The monoisotopic (exact) mass is 69.0 g/mol. The summed E-state index contributed by atoms with van der Waals surface area (Å²) >= 11 is 0. The second-order valence-electron chi connectivity index (χ2n) is 0.928. The molecule has 1 aliphatic rings. The van der Waals surface area contributed by atoms with Gasteiger partial charge in [0.15, 0.2) is 0 Å². The Hall–Kier alpha value is -0.530. The molecule has 0 unspecified atom stereocenters. The van der Waals surface area contributed by atoms with Gasteiger partial charge in [-0.1, -0.05) is 13.1 Å². The van der Waals surface area contributed by atoms with E-state index in [0.29, 0.717) is 0 Å². The summed E-state index contributed by atoms with van der Waals surface area (Å²) in [4.78, 5) is 3.79. The zero-order valence-corrected chi connectivity index (χ0v) is 2.89. The maximum atomic E-state index is 3.79. The second kappa shape index (κ2) is 1.06. The van der Waals surface area contributed by atoms with Crippen molar-refractivity contribution >= 4 is 6.34 Å². The minimum atomic E-state index is 0.903. The van der Waals surface area contributed by atoms with Crippen molar-refractivity contribution in [1.82, 2.24) is 0 Å². The fraction of sp³-hybridized carbons (Fsp3) is 0.667. The van der Waals surface area contributed by atoms with E-state index in [1.165, 1.54) is 0 Å². The average molecular weight is 69.1 g/mol. The SMILES string of the molecule is C1=NCC[N-]1. The molecule has 1 aliphatic heterocycles. The topological polar surface area (TPSA) is 26.5 Å². The van der Waals surface area contributed by atoms with Crippen LogP contribution in [0.3, 0.4) is 0 Å². The Morgan fingerprint density at radius 2 is 2.80 bits per heavy atom. The minimum absolute atomic E-state index is 0.903. The Morgan fingerprint density at radius 1 is 1.80 bits per heavy atom. The van der Waals surface area contributed by atoms with E-state index in [0.717, 1.165) is 13.1 Å². The quantitative estimate of drug-likeness (QED) is 0.393. The summed E-state index contributed by atoms with van der Waals surface area (Å²) in [5, 5.41) is 3.79. The Morgan fingerprint density at radius 3 is 3.00 bits per heavy atom. The van der Waals surface area contributed by atoms with Crippen molar-refractivity contribution < 1.29 is 0 Å². The third-order valence-corrected chi connectivity index (χ3v) is 0.521. The normalized spacial score (nSPS) is 19.2. The molecule has 0 N–H and O–H groups in total. The highest BCUT2D eigenvalue weighted by Gasteiger charge is 1.69. The van der Waals surface area contributed by atoms with Crippen LogP contribution in [0.1, 0.15) is 0 Å². The predicted molar refractivity (Wildman–Crippen MR) is 21.6 cm³/mol. The third kappa shape index (κ3) is 0.375. The third-order valence-electron chi connectivity index (χ3n) is 0.521. The van der Waals surface area contributed by atoms with Gasteiger partial charge >= 0.3 is 0 Å². The molecule has 0 aromatic carbocycles. The van der Waals surface area contributed by atoms with Gasteiger partial charge in [0.2, 0.25) is 0 Å². The lowest BCUT2D eigenvalue weighted by Gasteiger charge is -1.85. The smallest absolute Gasteiger partial charge is 0.0520 e. The van der Waals surface area contributed by atoms with Gasteiger partial charge in [-0.2, -0.15) is 0 Å². The van der Waals surface area contributed by atoms with Crippen LogP contribution in [0.25, 0.3) is 5.32 Å². The molecular formula is C3H5N2-. The first-order valence-electron chi connectivity index (χ1n) is 1.65. The number of hydrogen-bond acceptors (Lipinski definition) is 1. The summed E-state index contributed by atoms with van der Waals surface area (Å²) in [6.07, 6.45) is 1.61. The highest BCUT2D eigenvalue weighted by molar-refractivity contribution is 5.72. The van der Waals surface area contributed by atoms with Gasteiger partial charge in [0.05, 0.1) is 0 Å². The molecule has 0 atom stereocenters. The lowest BCUT2D eigenvalue weighted by Crippen LogP contribution is -1.73. The van der Waals surface area contributed by atoms with Gasteiger partial charge < -0.3 is 10.3 Å². The molecule has 1 rings (SSSR count). The molecule has 0 saturated heterocycles. The summed E-state index contributed by atoms with van der Waals surface area (Å²) in [5.41, 5.74) is 0. The van der Waals surface area contributed by atoms with Crippen molar-refractivity contribution in [2.45, 2.75) is 0 Å². The zero-order valence-electron chi connectivity index (χ0n) is 2.89. The molecule has 0 bridgehead atoms. The van der Waals surface area contributed by atoms with Crippen molar-refractivity contribution in [3.63, 3.8) is 0 Å².